The lowest BCUT2D eigenvalue weighted by molar-refractivity contribution is -0.706. The summed E-state index contributed by atoms with van der Waals surface area (Å²) in [4.78, 5) is 32.0. The SMILES string of the molecule is O=C1C2CC3CC1CC(OC(=O)C(F)(C1OOO1)C(F)(F)F)(C3)C2. The van der Waals surface area contributed by atoms with Gasteiger partial charge in [0.15, 0.2) is 0 Å². The summed E-state index contributed by atoms with van der Waals surface area (Å²) in [7, 11) is 0. The molecule has 5 aliphatic rings. The average molecular weight is 354 g/mol. The van der Waals surface area contributed by atoms with Crippen molar-refractivity contribution in [2.24, 2.45) is 17.8 Å². The van der Waals surface area contributed by atoms with Crippen LogP contribution in [-0.4, -0.2) is 35.5 Å². The third-order valence-corrected chi connectivity index (χ3v) is 5.53. The second kappa shape index (κ2) is 4.89. The molecular formula is C14H14F4O6. The van der Waals surface area contributed by atoms with Crippen molar-refractivity contribution < 1.29 is 46.7 Å². The van der Waals surface area contributed by atoms with E-state index in [1.807, 2.05) is 0 Å². The second-order valence-electron chi connectivity index (χ2n) is 7.12. The Balaban J connectivity index is 1.58. The Bertz CT molecular complexity index is 570. The van der Waals surface area contributed by atoms with Crippen molar-refractivity contribution in [3.05, 3.63) is 0 Å². The average Bonchev–Trinajstić information content (AvgIpc) is 2.39. The van der Waals surface area contributed by atoms with Gasteiger partial charge in [0, 0.05) is 11.8 Å². The van der Waals surface area contributed by atoms with Gasteiger partial charge in [-0.2, -0.15) is 22.9 Å². The van der Waals surface area contributed by atoms with Crippen LogP contribution in [0.1, 0.15) is 32.1 Å². The Hall–Kier alpha value is -1.26. The van der Waals surface area contributed by atoms with Gasteiger partial charge in [-0.3, -0.25) is 4.79 Å². The molecule has 0 N–H and O–H groups in total. The van der Waals surface area contributed by atoms with Gasteiger partial charge in [-0.25, -0.2) is 9.18 Å². The van der Waals surface area contributed by atoms with E-state index in [2.05, 4.69) is 14.8 Å². The molecule has 1 saturated heterocycles. The van der Waals surface area contributed by atoms with E-state index < -0.39 is 29.7 Å². The third-order valence-electron chi connectivity index (χ3n) is 5.53. The molecule has 3 unspecified atom stereocenters. The van der Waals surface area contributed by atoms with Gasteiger partial charge < -0.3 is 4.74 Å². The number of hydrogen-bond donors (Lipinski definition) is 0. The first-order chi connectivity index (χ1) is 11.1. The van der Waals surface area contributed by atoms with E-state index in [1.54, 1.807) is 0 Å². The van der Waals surface area contributed by atoms with Crippen molar-refractivity contribution in [1.82, 2.24) is 0 Å². The maximum atomic E-state index is 14.5. The summed E-state index contributed by atoms with van der Waals surface area (Å²) in [6.45, 7) is 0. The minimum Gasteiger partial charge on any atom is -0.456 e. The Morgan fingerprint density at radius 1 is 1.08 bits per heavy atom. The van der Waals surface area contributed by atoms with Crippen molar-refractivity contribution in [3.63, 3.8) is 0 Å². The number of ether oxygens (including phenoxy) is 1. The van der Waals surface area contributed by atoms with Crippen molar-refractivity contribution >= 4 is 11.8 Å². The fourth-order valence-corrected chi connectivity index (χ4v) is 4.63. The fourth-order valence-electron chi connectivity index (χ4n) is 4.63. The molecule has 0 radical (unpaired) electrons. The van der Waals surface area contributed by atoms with Crippen LogP contribution in [0.3, 0.4) is 0 Å². The number of hydrogen-bond acceptors (Lipinski definition) is 6. The lowest BCUT2D eigenvalue weighted by Crippen LogP contribution is -2.65. The normalized spacial score (nSPS) is 41.0. The number of esters is 1. The van der Waals surface area contributed by atoms with Crippen LogP contribution in [0.2, 0.25) is 0 Å². The van der Waals surface area contributed by atoms with Gasteiger partial charge in [-0.05, 0) is 38.0 Å². The Labute approximate surface area is 133 Å². The van der Waals surface area contributed by atoms with Crippen LogP contribution in [0.15, 0.2) is 0 Å². The highest BCUT2D eigenvalue weighted by Crippen LogP contribution is 2.56. The molecule has 0 aromatic rings. The largest absolute Gasteiger partial charge is 0.456 e. The lowest BCUT2D eigenvalue weighted by atomic mass is 9.53. The molecule has 6 nitrogen and oxygen atoms in total. The van der Waals surface area contributed by atoms with Crippen LogP contribution < -0.4 is 0 Å². The molecule has 4 aliphatic carbocycles. The fraction of sp³-hybridized carbons (Fsp3) is 0.857. The summed E-state index contributed by atoms with van der Waals surface area (Å²) in [5, 5.41) is 3.64. The maximum absolute atomic E-state index is 14.5. The first-order valence-electron chi connectivity index (χ1n) is 7.66. The van der Waals surface area contributed by atoms with E-state index >= 15 is 0 Å². The number of carbonyl (C=O) groups is 2. The zero-order valence-corrected chi connectivity index (χ0v) is 12.3. The summed E-state index contributed by atoms with van der Waals surface area (Å²) >= 11 is 0. The molecule has 3 atom stereocenters. The van der Waals surface area contributed by atoms with Gasteiger partial charge in [-0.1, -0.05) is 5.04 Å². The molecule has 4 saturated carbocycles. The quantitative estimate of drug-likeness (QED) is 0.439. The highest BCUT2D eigenvalue weighted by molar-refractivity contribution is 5.86. The summed E-state index contributed by atoms with van der Waals surface area (Å²) in [6.07, 6.45) is -6.25. The molecule has 0 spiro atoms. The summed E-state index contributed by atoms with van der Waals surface area (Å²) < 4.78 is 58.9. The molecule has 10 heteroatoms. The van der Waals surface area contributed by atoms with Crippen LogP contribution in [-0.2, 0) is 29.1 Å². The number of carbonyl (C=O) groups excluding carboxylic acids is 2. The molecule has 134 valence electrons. The first kappa shape index (κ1) is 16.2. The molecule has 5 fully saturated rings. The Morgan fingerprint density at radius 3 is 2.12 bits per heavy atom. The molecular weight excluding hydrogens is 340 g/mol. The number of Topliss-reactive ketones (excluding diaryl/α,β-unsaturated/α-hetero) is 1. The predicted octanol–water partition coefficient (Wildman–Crippen LogP) is 2.17. The molecule has 0 amide bonds. The molecule has 24 heavy (non-hydrogen) atoms. The summed E-state index contributed by atoms with van der Waals surface area (Å²) in [5.74, 6) is -2.60. The van der Waals surface area contributed by atoms with Crippen molar-refractivity contribution in [1.29, 1.82) is 0 Å². The molecule has 1 aliphatic heterocycles. The molecule has 0 aromatic carbocycles. The van der Waals surface area contributed by atoms with Crippen LogP contribution >= 0.6 is 0 Å². The number of ketones is 1. The van der Waals surface area contributed by atoms with Crippen molar-refractivity contribution in [2.75, 3.05) is 0 Å². The van der Waals surface area contributed by atoms with Crippen LogP contribution in [0.25, 0.3) is 0 Å². The zero-order valence-electron chi connectivity index (χ0n) is 12.3. The number of halogens is 4. The number of alkyl halides is 4. The van der Waals surface area contributed by atoms with Crippen molar-refractivity contribution in [2.45, 2.75) is 55.8 Å². The van der Waals surface area contributed by atoms with E-state index in [0.29, 0.717) is 19.3 Å². The Kier molecular flexibility index (Phi) is 3.30. The minimum atomic E-state index is -5.60. The van der Waals surface area contributed by atoms with Crippen LogP contribution in [0.5, 0.6) is 0 Å². The molecule has 4 bridgehead atoms. The minimum absolute atomic E-state index is 0.0685. The summed E-state index contributed by atoms with van der Waals surface area (Å²) in [6, 6.07) is 0. The standard InChI is InChI=1S/C14H14F4O6/c15-13(14(16,17)18,11-22-24-23-11)10(20)21-12-3-6-1-7(4-12)9(19)8(2-6)5-12/h6-8,11H,1-5H2. The summed E-state index contributed by atoms with van der Waals surface area (Å²) in [5.41, 5.74) is -5.72. The monoisotopic (exact) mass is 354 g/mol. The molecule has 5 rings (SSSR count). The topological polar surface area (TPSA) is 71.1 Å². The van der Waals surface area contributed by atoms with E-state index in [-0.39, 0.29) is 36.4 Å². The van der Waals surface area contributed by atoms with Gasteiger partial charge in [0.25, 0.3) is 6.29 Å². The third kappa shape index (κ3) is 2.12. The van der Waals surface area contributed by atoms with Gasteiger partial charge in [0.2, 0.25) is 0 Å². The van der Waals surface area contributed by atoms with Crippen LogP contribution in [0.4, 0.5) is 17.6 Å². The highest BCUT2D eigenvalue weighted by atomic mass is 19.4. The van der Waals surface area contributed by atoms with Crippen molar-refractivity contribution in [3.8, 4) is 0 Å². The maximum Gasteiger partial charge on any atom is 0.439 e. The highest BCUT2D eigenvalue weighted by Gasteiger charge is 2.74. The van der Waals surface area contributed by atoms with E-state index in [1.165, 1.54) is 0 Å². The molecule has 0 aromatic heterocycles. The molecule has 1 heterocycles. The smallest absolute Gasteiger partial charge is 0.439 e. The predicted molar refractivity (Wildman–Crippen MR) is 64.3 cm³/mol. The lowest BCUT2D eigenvalue weighted by Gasteiger charge is -2.55. The van der Waals surface area contributed by atoms with E-state index in [0.717, 1.165) is 0 Å². The Morgan fingerprint density at radius 2 is 1.67 bits per heavy atom. The van der Waals surface area contributed by atoms with Crippen LogP contribution in [0, 0.1) is 17.8 Å². The van der Waals surface area contributed by atoms with Gasteiger partial charge in [-0.15, -0.1) is 0 Å². The first-order valence-corrected chi connectivity index (χ1v) is 7.66. The number of rotatable bonds is 3. The second-order valence-corrected chi connectivity index (χ2v) is 7.12. The van der Waals surface area contributed by atoms with Gasteiger partial charge in [0.1, 0.15) is 11.4 Å². The zero-order chi connectivity index (χ0) is 17.3. The van der Waals surface area contributed by atoms with Gasteiger partial charge in [0.05, 0.1) is 0 Å². The van der Waals surface area contributed by atoms with E-state index in [4.69, 9.17) is 4.74 Å². The van der Waals surface area contributed by atoms with E-state index in [9.17, 15) is 27.2 Å². The van der Waals surface area contributed by atoms with Gasteiger partial charge >= 0.3 is 17.8 Å².